The Morgan fingerprint density at radius 1 is 1.40 bits per heavy atom. The summed E-state index contributed by atoms with van der Waals surface area (Å²) in [6.07, 6.45) is 2.91. The molecule has 0 spiro atoms. The maximum absolute atomic E-state index is 5.50. The highest BCUT2D eigenvalue weighted by Crippen LogP contribution is 2.00. The summed E-state index contributed by atoms with van der Waals surface area (Å²) in [5.74, 6) is 0. The summed E-state index contributed by atoms with van der Waals surface area (Å²) < 4.78 is 5.50. The fraction of sp³-hybridized carbons (Fsp3) is 1.00. The summed E-state index contributed by atoms with van der Waals surface area (Å²) in [6, 6.07) is 0. The summed E-state index contributed by atoms with van der Waals surface area (Å²) in [6.45, 7) is 3.03. The molecule has 0 saturated carbocycles. The molecule has 1 fully saturated rings. The molecular weight excluding hydrogens is 194 g/mol. The molecule has 1 rings (SSSR count). The molecule has 60 valence electrons. The Hall–Kier alpha value is 0.400. The van der Waals surface area contributed by atoms with Gasteiger partial charge in [-0.3, -0.25) is 0 Å². The van der Waals surface area contributed by atoms with Gasteiger partial charge in [-0.25, -0.2) is 0 Å². The molecule has 0 bridgehead atoms. The van der Waals surface area contributed by atoms with Crippen LogP contribution in [0, 0.1) is 0 Å². The Morgan fingerprint density at radius 2 is 2.20 bits per heavy atom. The molecule has 0 radical (unpaired) electrons. The van der Waals surface area contributed by atoms with E-state index in [0.29, 0.717) is 6.10 Å². The molecule has 1 heterocycles. The van der Waals surface area contributed by atoms with Crippen LogP contribution in [0.5, 0.6) is 0 Å². The van der Waals surface area contributed by atoms with E-state index in [1.807, 2.05) is 0 Å². The zero-order valence-electron chi connectivity index (χ0n) is 6.11. The first-order valence-electron chi connectivity index (χ1n) is 3.82. The molecule has 1 N–H and O–H groups in total. The Labute approximate surface area is 70.5 Å². The monoisotopic (exact) mass is 207 g/mol. The number of unbranched alkanes of at least 4 members (excludes halogenated alkanes) is 1. The van der Waals surface area contributed by atoms with Gasteiger partial charge in [-0.1, -0.05) is 15.9 Å². The van der Waals surface area contributed by atoms with Crippen LogP contribution < -0.4 is 5.32 Å². The van der Waals surface area contributed by atoms with Crippen molar-refractivity contribution in [3.8, 4) is 0 Å². The first-order chi connectivity index (χ1) is 4.93. The predicted molar refractivity (Wildman–Crippen MR) is 45.6 cm³/mol. The molecule has 0 atom stereocenters. The molecule has 0 aromatic carbocycles. The van der Waals surface area contributed by atoms with Crippen molar-refractivity contribution >= 4 is 15.9 Å². The lowest BCUT2D eigenvalue weighted by molar-refractivity contribution is 0.0177. The van der Waals surface area contributed by atoms with E-state index in [9.17, 15) is 0 Å². The van der Waals surface area contributed by atoms with Crippen molar-refractivity contribution in [2.45, 2.75) is 18.9 Å². The van der Waals surface area contributed by atoms with Crippen LogP contribution in [0.3, 0.4) is 0 Å². The maximum atomic E-state index is 5.50. The average Bonchev–Trinajstić information content (AvgIpc) is 1.84. The Kier molecular flexibility index (Phi) is 4.34. The minimum atomic E-state index is 0.510. The largest absolute Gasteiger partial charge is 0.376 e. The van der Waals surface area contributed by atoms with Crippen molar-refractivity contribution < 1.29 is 4.74 Å². The fourth-order valence-electron chi connectivity index (χ4n) is 0.827. The molecule has 0 aromatic rings. The SMILES string of the molecule is BrCCCCOC1CNC1. The van der Waals surface area contributed by atoms with E-state index in [4.69, 9.17) is 4.74 Å². The van der Waals surface area contributed by atoms with Gasteiger partial charge < -0.3 is 10.1 Å². The third-order valence-electron chi connectivity index (χ3n) is 1.63. The molecule has 2 nitrogen and oxygen atoms in total. The van der Waals surface area contributed by atoms with Crippen LogP contribution in [0.1, 0.15) is 12.8 Å². The number of halogens is 1. The number of hydrogen-bond donors (Lipinski definition) is 1. The fourth-order valence-corrected chi connectivity index (χ4v) is 1.22. The van der Waals surface area contributed by atoms with Gasteiger partial charge in [-0.05, 0) is 12.8 Å². The normalized spacial score (nSPS) is 18.9. The molecule has 3 heteroatoms. The second kappa shape index (κ2) is 5.10. The van der Waals surface area contributed by atoms with Crippen molar-refractivity contribution in [3.63, 3.8) is 0 Å². The molecule has 10 heavy (non-hydrogen) atoms. The highest BCUT2D eigenvalue weighted by molar-refractivity contribution is 9.09. The van der Waals surface area contributed by atoms with Crippen molar-refractivity contribution in [1.29, 1.82) is 0 Å². The van der Waals surface area contributed by atoms with Crippen LogP contribution in [0.4, 0.5) is 0 Å². The van der Waals surface area contributed by atoms with E-state index < -0.39 is 0 Å². The Morgan fingerprint density at radius 3 is 2.70 bits per heavy atom. The van der Waals surface area contributed by atoms with Gasteiger partial charge in [0.25, 0.3) is 0 Å². The molecular formula is C7H14BrNO. The van der Waals surface area contributed by atoms with Crippen molar-refractivity contribution in [2.75, 3.05) is 25.0 Å². The smallest absolute Gasteiger partial charge is 0.0823 e. The standard InChI is InChI=1S/C7H14BrNO/c8-3-1-2-4-10-7-5-9-6-7/h7,9H,1-6H2. The zero-order chi connectivity index (χ0) is 7.23. The van der Waals surface area contributed by atoms with Gasteiger partial charge >= 0.3 is 0 Å². The predicted octanol–water partition coefficient (Wildman–Crippen LogP) is 1.15. The van der Waals surface area contributed by atoms with Crippen LogP contribution in [0.25, 0.3) is 0 Å². The zero-order valence-corrected chi connectivity index (χ0v) is 7.69. The van der Waals surface area contributed by atoms with E-state index in [1.165, 1.54) is 12.8 Å². The lowest BCUT2D eigenvalue weighted by Crippen LogP contribution is -2.48. The van der Waals surface area contributed by atoms with E-state index >= 15 is 0 Å². The summed E-state index contributed by atoms with van der Waals surface area (Å²) in [5.41, 5.74) is 0. The minimum absolute atomic E-state index is 0.510. The topological polar surface area (TPSA) is 21.3 Å². The van der Waals surface area contributed by atoms with Crippen molar-refractivity contribution in [1.82, 2.24) is 5.32 Å². The molecule has 0 aromatic heterocycles. The third kappa shape index (κ3) is 2.99. The maximum Gasteiger partial charge on any atom is 0.0823 e. The highest BCUT2D eigenvalue weighted by atomic mass is 79.9. The lowest BCUT2D eigenvalue weighted by atomic mass is 10.2. The Balaban J connectivity index is 1.76. The first kappa shape index (κ1) is 8.50. The summed E-state index contributed by atoms with van der Waals surface area (Å²) in [7, 11) is 0. The van der Waals surface area contributed by atoms with Gasteiger partial charge in [0.05, 0.1) is 6.10 Å². The number of nitrogens with one attached hydrogen (secondary N) is 1. The van der Waals surface area contributed by atoms with Gasteiger partial charge in [0, 0.05) is 25.0 Å². The van der Waals surface area contributed by atoms with E-state index in [2.05, 4.69) is 21.2 Å². The number of rotatable bonds is 5. The van der Waals surface area contributed by atoms with Crippen LogP contribution in [0.2, 0.25) is 0 Å². The van der Waals surface area contributed by atoms with E-state index in [-0.39, 0.29) is 0 Å². The van der Waals surface area contributed by atoms with Crippen molar-refractivity contribution in [3.05, 3.63) is 0 Å². The van der Waals surface area contributed by atoms with Gasteiger partial charge in [-0.15, -0.1) is 0 Å². The molecule has 0 amide bonds. The minimum Gasteiger partial charge on any atom is -0.376 e. The van der Waals surface area contributed by atoms with E-state index in [0.717, 1.165) is 25.0 Å². The first-order valence-corrected chi connectivity index (χ1v) is 4.94. The second-order valence-electron chi connectivity index (χ2n) is 2.55. The van der Waals surface area contributed by atoms with Gasteiger partial charge in [-0.2, -0.15) is 0 Å². The van der Waals surface area contributed by atoms with Gasteiger partial charge in [0.2, 0.25) is 0 Å². The van der Waals surface area contributed by atoms with Gasteiger partial charge in [0.1, 0.15) is 0 Å². The van der Waals surface area contributed by atoms with E-state index in [1.54, 1.807) is 0 Å². The van der Waals surface area contributed by atoms with Crippen LogP contribution >= 0.6 is 15.9 Å². The summed E-state index contributed by atoms with van der Waals surface area (Å²) in [5, 5.41) is 4.26. The molecule has 1 saturated heterocycles. The third-order valence-corrected chi connectivity index (χ3v) is 2.19. The summed E-state index contributed by atoms with van der Waals surface area (Å²) >= 11 is 3.38. The average molecular weight is 208 g/mol. The Bertz CT molecular complexity index is 85.7. The van der Waals surface area contributed by atoms with Crippen LogP contribution in [-0.4, -0.2) is 31.1 Å². The van der Waals surface area contributed by atoms with Crippen LogP contribution in [-0.2, 0) is 4.74 Å². The molecule has 1 aliphatic rings. The second-order valence-corrected chi connectivity index (χ2v) is 3.34. The number of hydrogen-bond acceptors (Lipinski definition) is 2. The van der Waals surface area contributed by atoms with Crippen molar-refractivity contribution in [2.24, 2.45) is 0 Å². The number of ether oxygens (including phenoxy) is 1. The molecule has 0 unspecified atom stereocenters. The highest BCUT2D eigenvalue weighted by Gasteiger charge is 2.15. The van der Waals surface area contributed by atoms with Gasteiger partial charge in [0.15, 0.2) is 0 Å². The molecule has 0 aliphatic carbocycles. The number of alkyl halides is 1. The van der Waals surface area contributed by atoms with Crippen LogP contribution in [0.15, 0.2) is 0 Å². The lowest BCUT2D eigenvalue weighted by Gasteiger charge is -2.26. The summed E-state index contributed by atoms with van der Waals surface area (Å²) in [4.78, 5) is 0. The quantitative estimate of drug-likeness (QED) is 0.540. The molecule has 1 aliphatic heterocycles.